The highest BCUT2D eigenvalue weighted by molar-refractivity contribution is 5.83. The summed E-state index contributed by atoms with van der Waals surface area (Å²) in [6.45, 7) is 2.23. The molecule has 0 bridgehead atoms. The van der Waals surface area contributed by atoms with Gasteiger partial charge in [0.15, 0.2) is 0 Å². The fourth-order valence-electron chi connectivity index (χ4n) is 3.72. The van der Waals surface area contributed by atoms with Crippen LogP contribution in [0.4, 0.5) is 0 Å². The second-order valence-electron chi connectivity index (χ2n) is 7.00. The van der Waals surface area contributed by atoms with Gasteiger partial charge in [-0.1, -0.05) is 18.2 Å². The van der Waals surface area contributed by atoms with Gasteiger partial charge >= 0.3 is 0 Å². The third kappa shape index (κ3) is 3.94. The van der Waals surface area contributed by atoms with Gasteiger partial charge in [0.25, 0.3) is 5.56 Å². The number of nitrogens with one attached hydrogen (secondary N) is 2. The molecule has 1 aromatic carbocycles. The van der Waals surface area contributed by atoms with Gasteiger partial charge in [-0.25, -0.2) is 4.98 Å². The van der Waals surface area contributed by atoms with E-state index in [1.54, 1.807) is 18.5 Å². The number of H-pyrrole nitrogens is 1. The van der Waals surface area contributed by atoms with E-state index in [2.05, 4.69) is 25.2 Å². The lowest BCUT2D eigenvalue weighted by Gasteiger charge is -2.26. The first kappa shape index (κ1) is 18.3. The maximum absolute atomic E-state index is 12.9. The summed E-state index contributed by atoms with van der Waals surface area (Å²) in [5.41, 5.74) is 1.41. The Morgan fingerprint density at radius 3 is 2.79 bits per heavy atom. The zero-order valence-corrected chi connectivity index (χ0v) is 15.6. The number of carbonyl (C=O) groups is 1. The van der Waals surface area contributed by atoms with Gasteiger partial charge in [-0.2, -0.15) is 0 Å². The topological polar surface area (TPSA) is 91.0 Å². The van der Waals surface area contributed by atoms with E-state index in [4.69, 9.17) is 0 Å². The Kier molecular flexibility index (Phi) is 5.43. The molecule has 28 heavy (non-hydrogen) atoms. The summed E-state index contributed by atoms with van der Waals surface area (Å²) in [7, 11) is 0. The van der Waals surface area contributed by atoms with Crippen LogP contribution in [-0.2, 0) is 11.2 Å². The largest absolute Gasteiger partial charge is 0.354 e. The van der Waals surface area contributed by atoms with E-state index in [1.807, 2.05) is 30.3 Å². The van der Waals surface area contributed by atoms with Crippen molar-refractivity contribution >= 4 is 16.8 Å². The zero-order chi connectivity index (χ0) is 19.3. The van der Waals surface area contributed by atoms with Gasteiger partial charge in [-0.15, -0.1) is 0 Å². The fraction of sp³-hybridized carbons (Fsp3) is 0.333. The van der Waals surface area contributed by atoms with E-state index >= 15 is 0 Å². The summed E-state index contributed by atoms with van der Waals surface area (Å²) in [5, 5.41) is 3.57. The van der Waals surface area contributed by atoms with Crippen LogP contribution in [0.15, 0.2) is 53.6 Å². The van der Waals surface area contributed by atoms with Gasteiger partial charge < -0.3 is 10.3 Å². The highest BCUT2D eigenvalue weighted by Gasteiger charge is 2.29. The van der Waals surface area contributed by atoms with Gasteiger partial charge in [-0.05, 0) is 49.7 Å². The minimum Gasteiger partial charge on any atom is -0.354 e. The number of pyridine rings is 1. The predicted molar refractivity (Wildman–Crippen MR) is 107 cm³/mol. The van der Waals surface area contributed by atoms with Gasteiger partial charge in [0.1, 0.15) is 11.9 Å². The molecule has 2 N–H and O–H groups in total. The van der Waals surface area contributed by atoms with E-state index in [1.165, 1.54) is 0 Å². The van der Waals surface area contributed by atoms with Crippen LogP contribution >= 0.6 is 0 Å². The Hall–Kier alpha value is -3.06. The second-order valence-corrected chi connectivity index (χ2v) is 7.00. The molecule has 2 aromatic heterocycles. The van der Waals surface area contributed by atoms with Gasteiger partial charge in [0, 0.05) is 25.4 Å². The number of likely N-dealkylation sites (tertiary alicyclic amines) is 1. The van der Waals surface area contributed by atoms with E-state index in [0.717, 1.165) is 31.5 Å². The van der Waals surface area contributed by atoms with Crippen LogP contribution in [0.1, 0.15) is 30.3 Å². The first-order valence-electron chi connectivity index (χ1n) is 9.62. The first-order valence-corrected chi connectivity index (χ1v) is 9.62. The number of amides is 1. The van der Waals surface area contributed by atoms with Crippen molar-refractivity contribution in [2.24, 2.45) is 0 Å². The number of hydrogen-bond acceptors (Lipinski definition) is 5. The first-order chi connectivity index (χ1) is 13.7. The molecule has 1 atom stereocenters. The number of rotatable bonds is 6. The lowest BCUT2D eigenvalue weighted by molar-refractivity contribution is -0.126. The van der Waals surface area contributed by atoms with Crippen molar-refractivity contribution in [3.63, 3.8) is 0 Å². The molecule has 0 saturated carbocycles. The molecule has 4 rings (SSSR count). The number of hydrogen-bond donors (Lipinski definition) is 2. The average molecular weight is 377 g/mol. The van der Waals surface area contributed by atoms with Crippen LogP contribution < -0.4 is 10.9 Å². The lowest BCUT2D eigenvalue weighted by Crippen LogP contribution is -2.40. The number of benzene rings is 1. The molecule has 0 spiro atoms. The molecule has 0 unspecified atom stereocenters. The number of nitrogens with zero attached hydrogens (tertiary/aromatic N) is 3. The second kappa shape index (κ2) is 8.31. The number of fused-ring (bicyclic) bond motifs is 1. The van der Waals surface area contributed by atoms with Crippen LogP contribution in [0.5, 0.6) is 0 Å². The standard InChI is InChI=1S/C21H23N5O2/c27-20-16-7-1-2-8-17(16)24-18(25-20)9-11-23-21(28)19(26-12-3-4-13-26)15-6-5-10-22-14-15/h1-2,5-8,10,14,19H,3-4,9,11-13H2,(H,23,28)(H,24,25,27)/t19-/m1/s1. The molecule has 1 aliphatic rings. The van der Waals surface area contributed by atoms with Crippen LogP contribution in [0.2, 0.25) is 0 Å². The molecule has 0 radical (unpaired) electrons. The minimum atomic E-state index is -0.334. The maximum atomic E-state index is 12.9. The van der Waals surface area contributed by atoms with Crippen molar-refractivity contribution in [2.75, 3.05) is 19.6 Å². The smallest absolute Gasteiger partial charge is 0.258 e. The normalized spacial score (nSPS) is 15.6. The van der Waals surface area contributed by atoms with Gasteiger partial charge in [0.05, 0.1) is 10.9 Å². The Labute approximate surface area is 162 Å². The Bertz CT molecular complexity index is 1010. The summed E-state index contributed by atoms with van der Waals surface area (Å²) in [5.74, 6) is 0.529. The third-order valence-electron chi connectivity index (χ3n) is 5.08. The fourth-order valence-corrected chi connectivity index (χ4v) is 3.72. The predicted octanol–water partition coefficient (Wildman–Crippen LogP) is 1.81. The summed E-state index contributed by atoms with van der Waals surface area (Å²) in [6, 6.07) is 10.7. The van der Waals surface area contributed by atoms with Crippen molar-refractivity contribution in [1.29, 1.82) is 0 Å². The van der Waals surface area contributed by atoms with Crippen LogP contribution in [0.3, 0.4) is 0 Å². The molecule has 1 aliphatic heterocycles. The molecule has 1 saturated heterocycles. The van der Waals surface area contributed by atoms with E-state index in [9.17, 15) is 9.59 Å². The minimum absolute atomic E-state index is 0.0435. The number of aromatic nitrogens is 3. The summed E-state index contributed by atoms with van der Waals surface area (Å²) in [4.78, 5) is 38.7. The Morgan fingerprint density at radius 2 is 2.00 bits per heavy atom. The summed E-state index contributed by atoms with van der Waals surface area (Å²) in [6.07, 6.45) is 6.14. The number of aromatic amines is 1. The molecule has 144 valence electrons. The van der Waals surface area contributed by atoms with E-state index in [0.29, 0.717) is 29.7 Å². The SMILES string of the molecule is O=C(NCCc1nc2ccccc2c(=O)[nH]1)[C@@H](c1cccnc1)N1CCCC1. The molecular weight excluding hydrogens is 354 g/mol. The van der Waals surface area contributed by atoms with Crippen LogP contribution in [0, 0.1) is 0 Å². The highest BCUT2D eigenvalue weighted by Crippen LogP contribution is 2.24. The average Bonchev–Trinajstić information content (AvgIpc) is 3.23. The number of para-hydroxylation sites is 1. The summed E-state index contributed by atoms with van der Waals surface area (Å²) >= 11 is 0. The molecule has 3 aromatic rings. The van der Waals surface area contributed by atoms with Crippen LogP contribution in [0.25, 0.3) is 10.9 Å². The monoisotopic (exact) mass is 377 g/mol. The van der Waals surface area contributed by atoms with E-state index < -0.39 is 0 Å². The van der Waals surface area contributed by atoms with E-state index in [-0.39, 0.29) is 17.5 Å². The molecule has 7 nitrogen and oxygen atoms in total. The Balaban J connectivity index is 1.44. The van der Waals surface area contributed by atoms with Gasteiger partial charge in [0.2, 0.25) is 5.91 Å². The van der Waals surface area contributed by atoms with Crippen molar-refractivity contribution in [1.82, 2.24) is 25.2 Å². The molecule has 1 amide bonds. The molecule has 0 aliphatic carbocycles. The highest BCUT2D eigenvalue weighted by atomic mass is 16.2. The lowest BCUT2D eigenvalue weighted by atomic mass is 10.1. The van der Waals surface area contributed by atoms with Gasteiger partial charge in [-0.3, -0.25) is 19.5 Å². The third-order valence-corrected chi connectivity index (χ3v) is 5.08. The van der Waals surface area contributed by atoms with Crippen molar-refractivity contribution in [2.45, 2.75) is 25.3 Å². The van der Waals surface area contributed by atoms with Crippen molar-refractivity contribution in [3.05, 3.63) is 70.5 Å². The Morgan fingerprint density at radius 1 is 1.18 bits per heavy atom. The molecule has 7 heteroatoms. The molecule has 3 heterocycles. The zero-order valence-electron chi connectivity index (χ0n) is 15.6. The van der Waals surface area contributed by atoms with Crippen LogP contribution in [-0.4, -0.2) is 45.4 Å². The molecule has 1 fully saturated rings. The quantitative estimate of drug-likeness (QED) is 0.684. The van der Waals surface area contributed by atoms with Crippen molar-refractivity contribution in [3.8, 4) is 0 Å². The summed E-state index contributed by atoms with van der Waals surface area (Å²) < 4.78 is 0. The maximum Gasteiger partial charge on any atom is 0.258 e. The molecular formula is C21H23N5O2. The van der Waals surface area contributed by atoms with Crippen molar-refractivity contribution < 1.29 is 4.79 Å². The number of carbonyl (C=O) groups excluding carboxylic acids is 1.